The van der Waals surface area contributed by atoms with E-state index in [2.05, 4.69) is 17.0 Å². The first-order chi connectivity index (χ1) is 10.4. The van der Waals surface area contributed by atoms with Gasteiger partial charge >= 0.3 is 0 Å². The summed E-state index contributed by atoms with van der Waals surface area (Å²) in [4.78, 5) is 2.44. The molecule has 0 saturated carbocycles. The van der Waals surface area contributed by atoms with Crippen LogP contribution in [0.2, 0.25) is 0 Å². The van der Waals surface area contributed by atoms with E-state index in [-0.39, 0.29) is 4.90 Å². The first-order valence-electron chi connectivity index (χ1n) is 7.26. The highest BCUT2D eigenvalue weighted by atomic mass is 32.2. The molecule has 1 heterocycles. The maximum absolute atomic E-state index is 11.5. The van der Waals surface area contributed by atoms with Crippen LogP contribution in [0.4, 0.5) is 5.69 Å². The molecule has 2 aromatic carbocycles. The van der Waals surface area contributed by atoms with Gasteiger partial charge in [-0.05, 0) is 35.7 Å². The quantitative estimate of drug-likeness (QED) is 0.939. The third-order valence-corrected chi connectivity index (χ3v) is 5.20. The van der Waals surface area contributed by atoms with Gasteiger partial charge in [-0.25, -0.2) is 8.42 Å². The van der Waals surface area contributed by atoms with E-state index in [0.29, 0.717) is 6.54 Å². The van der Waals surface area contributed by atoms with Gasteiger partial charge in [-0.3, -0.25) is 0 Å². The summed E-state index contributed by atoms with van der Waals surface area (Å²) < 4.78 is 22.9. The molecule has 1 aliphatic heterocycles. The molecule has 5 heteroatoms. The zero-order valence-corrected chi connectivity index (χ0v) is 13.3. The largest absolute Gasteiger partial charge is 0.387 e. The van der Waals surface area contributed by atoms with Gasteiger partial charge < -0.3 is 10.0 Å². The second kappa shape index (κ2) is 5.74. The standard InChI is InChI=1S/C17H19NO3S/c1-22(20,21)15-8-6-14(7-9-15)17(19)12-18-11-10-13-4-2-3-5-16(13)18/h2-9,17,19H,10-12H2,1H3. The van der Waals surface area contributed by atoms with Crippen molar-refractivity contribution in [2.75, 3.05) is 24.2 Å². The molecule has 0 fully saturated rings. The lowest BCUT2D eigenvalue weighted by molar-refractivity contribution is 0.184. The van der Waals surface area contributed by atoms with Crippen LogP contribution in [-0.2, 0) is 16.3 Å². The molecule has 116 valence electrons. The summed E-state index contributed by atoms with van der Waals surface area (Å²) in [5.41, 5.74) is 3.22. The van der Waals surface area contributed by atoms with Crippen LogP contribution in [0.5, 0.6) is 0 Å². The third kappa shape index (κ3) is 3.00. The van der Waals surface area contributed by atoms with Gasteiger partial charge in [-0.2, -0.15) is 0 Å². The van der Waals surface area contributed by atoms with Gasteiger partial charge in [0.25, 0.3) is 0 Å². The summed E-state index contributed by atoms with van der Waals surface area (Å²) >= 11 is 0. The van der Waals surface area contributed by atoms with Gasteiger partial charge in [0.1, 0.15) is 0 Å². The number of rotatable bonds is 4. The molecule has 1 unspecified atom stereocenters. The number of anilines is 1. The van der Waals surface area contributed by atoms with Crippen LogP contribution in [0, 0.1) is 0 Å². The molecule has 0 aliphatic carbocycles. The van der Waals surface area contributed by atoms with Crippen LogP contribution in [0.3, 0.4) is 0 Å². The minimum atomic E-state index is -3.20. The van der Waals surface area contributed by atoms with E-state index in [1.807, 2.05) is 12.1 Å². The molecule has 0 amide bonds. The topological polar surface area (TPSA) is 57.6 Å². The highest BCUT2D eigenvalue weighted by molar-refractivity contribution is 7.90. The van der Waals surface area contributed by atoms with E-state index < -0.39 is 15.9 Å². The van der Waals surface area contributed by atoms with Crippen molar-refractivity contribution >= 4 is 15.5 Å². The molecule has 0 radical (unpaired) electrons. The second-order valence-corrected chi connectivity index (χ2v) is 7.70. The number of para-hydroxylation sites is 1. The van der Waals surface area contributed by atoms with E-state index in [4.69, 9.17) is 0 Å². The molecular weight excluding hydrogens is 298 g/mol. The lowest BCUT2D eigenvalue weighted by atomic mass is 10.1. The number of fused-ring (bicyclic) bond motifs is 1. The average Bonchev–Trinajstić information content (AvgIpc) is 2.90. The molecule has 0 aromatic heterocycles. The van der Waals surface area contributed by atoms with Crippen molar-refractivity contribution < 1.29 is 13.5 Å². The Morgan fingerprint density at radius 3 is 2.50 bits per heavy atom. The number of β-amino-alcohol motifs (C(OH)–C–C–N with tert-alkyl or cyclic N) is 1. The maximum Gasteiger partial charge on any atom is 0.175 e. The normalized spacial score (nSPS) is 15.6. The van der Waals surface area contributed by atoms with E-state index in [9.17, 15) is 13.5 Å². The van der Waals surface area contributed by atoms with Crippen molar-refractivity contribution in [3.63, 3.8) is 0 Å². The van der Waals surface area contributed by atoms with Gasteiger partial charge in [0, 0.05) is 25.0 Å². The fraction of sp³-hybridized carbons (Fsp3) is 0.294. The molecule has 0 saturated heterocycles. The summed E-state index contributed by atoms with van der Waals surface area (Å²) in [6.07, 6.45) is 1.54. The van der Waals surface area contributed by atoms with E-state index in [0.717, 1.165) is 18.5 Å². The minimum absolute atomic E-state index is 0.273. The van der Waals surface area contributed by atoms with Crippen LogP contribution in [0.1, 0.15) is 17.2 Å². The fourth-order valence-corrected chi connectivity index (χ4v) is 3.48. The van der Waals surface area contributed by atoms with E-state index >= 15 is 0 Å². The number of sulfone groups is 1. The van der Waals surface area contributed by atoms with Crippen LogP contribution >= 0.6 is 0 Å². The van der Waals surface area contributed by atoms with Crippen molar-refractivity contribution in [3.8, 4) is 0 Å². The first kappa shape index (κ1) is 15.1. The number of aliphatic hydroxyl groups excluding tert-OH is 1. The maximum atomic E-state index is 11.5. The number of nitrogens with zero attached hydrogens (tertiary/aromatic N) is 1. The Kier molecular flexibility index (Phi) is 3.93. The highest BCUT2D eigenvalue weighted by Gasteiger charge is 2.21. The smallest absolute Gasteiger partial charge is 0.175 e. The zero-order valence-electron chi connectivity index (χ0n) is 12.4. The van der Waals surface area contributed by atoms with Crippen LogP contribution in [0.15, 0.2) is 53.4 Å². The molecule has 4 nitrogen and oxygen atoms in total. The summed E-state index contributed by atoms with van der Waals surface area (Å²) in [6, 6.07) is 14.7. The summed E-state index contributed by atoms with van der Waals surface area (Å²) in [7, 11) is -3.20. The predicted octanol–water partition coefficient (Wildman–Crippen LogP) is 2.19. The minimum Gasteiger partial charge on any atom is -0.387 e. The monoisotopic (exact) mass is 317 g/mol. The van der Waals surface area contributed by atoms with Gasteiger partial charge in [0.05, 0.1) is 11.0 Å². The van der Waals surface area contributed by atoms with Crippen molar-refractivity contribution in [1.29, 1.82) is 0 Å². The molecule has 22 heavy (non-hydrogen) atoms. The summed E-state index contributed by atoms with van der Waals surface area (Å²) in [5, 5.41) is 10.4. The Morgan fingerprint density at radius 2 is 1.82 bits per heavy atom. The number of benzene rings is 2. The Bertz CT molecular complexity index is 769. The van der Waals surface area contributed by atoms with Crippen molar-refractivity contribution in [2.24, 2.45) is 0 Å². The van der Waals surface area contributed by atoms with E-state index in [1.54, 1.807) is 24.3 Å². The van der Waals surface area contributed by atoms with Crippen LogP contribution < -0.4 is 4.90 Å². The Hall–Kier alpha value is -1.85. The highest BCUT2D eigenvalue weighted by Crippen LogP contribution is 2.29. The first-order valence-corrected chi connectivity index (χ1v) is 9.15. The molecule has 1 atom stereocenters. The molecule has 2 aromatic rings. The van der Waals surface area contributed by atoms with Crippen molar-refractivity contribution in [2.45, 2.75) is 17.4 Å². The Labute approximate surface area is 130 Å². The molecule has 0 bridgehead atoms. The van der Waals surface area contributed by atoms with Crippen molar-refractivity contribution in [1.82, 2.24) is 0 Å². The van der Waals surface area contributed by atoms with Gasteiger partial charge in [0.2, 0.25) is 0 Å². The lowest BCUT2D eigenvalue weighted by Gasteiger charge is -2.23. The SMILES string of the molecule is CS(=O)(=O)c1ccc(C(O)CN2CCc3ccccc32)cc1. The molecule has 3 rings (SSSR count). The number of hydrogen-bond acceptors (Lipinski definition) is 4. The number of hydrogen-bond donors (Lipinski definition) is 1. The third-order valence-electron chi connectivity index (χ3n) is 4.07. The average molecular weight is 317 g/mol. The van der Waals surface area contributed by atoms with Gasteiger partial charge in [0.15, 0.2) is 9.84 Å². The fourth-order valence-electron chi connectivity index (χ4n) is 2.85. The second-order valence-electron chi connectivity index (χ2n) is 5.68. The Morgan fingerprint density at radius 1 is 1.14 bits per heavy atom. The zero-order chi connectivity index (χ0) is 15.7. The van der Waals surface area contributed by atoms with Gasteiger partial charge in [-0.15, -0.1) is 0 Å². The summed E-state index contributed by atoms with van der Waals surface area (Å²) in [6.45, 7) is 1.41. The predicted molar refractivity (Wildman–Crippen MR) is 86.9 cm³/mol. The van der Waals surface area contributed by atoms with Crippen molar-refractivity contribution in [3.05, 3.63) is 59.7 Å². The Balaban J connectivity index is 1.74. The lowest BCUT2D eigenvalue weighted by Crippen LogP contribution is -2.26. The summed E-state index contributed by atoms with van der Waals surface area (Å²) in [5.74, 6) is 0. The van der Waals surface area contributed by atoms with Gasteiger partial charge in [-0.1, -0.05) is 30.3 Å². The molecule has 1 N–H and O–H groups in total. The van der Waals surface area contributed by atoms with Crippen LogP contribution in [-0.4, -0.2) is 32.9 Å². The molecule has 0 spiro atoms. The van der Waals surface area contributed by atoms with E-state index in [1.165, 1.54) is 17.5 Å². The van der Waals surface area contributed by atoms with Crippen LogP contribution in [0.25, 0.3) is 0 Å². The molecular formula is C17H19NO3S. The number of aliphatic hydroxyl groups is 1. The molecule has 1 aliphatic rings.